The first-order chi connectivity index (χ1) is 9.72. The maximum Gasteiger partial charge on any atom is 0.193 e. The molecule has 1 aliphatic rings. The molecule has 1 aliphatic carbocycles. The molecule has 2 atom stereocenters. The minimum atomic E-state index is 0.326. The molecule has 5 heteroatoms. The van der Waals surface area contributed by atoms with Crippen molar-refractivity contribution in [2.24, 2.45) is 16.6 Å². The van der Waals surface area contributed by atoms with E-state index in [0.717, 1.165) is 24.3 Å². The Morgan fingerprint density at radius 1 is 1.30 bits per heavy atom. The lowest BCUT2D eigenvalue weighted by atomic mass is 10.1. The van der Waals surface area contributed by atoms with Crippen LogP contribution in [-0.4, -0.2) is 32.8 Å². The standard InChI is InChI=1S/C15H23N3O2/c1-19-13-8-6-12(7-9-13)18-15(16)17-10-11-4-3-5-14(11)20-2/h6-9,11,14H,3-5,10H2,1-2H3,(H3,16,17,18). The van der Waals surface area contributed by atoms with Gasteiger partial charge in [-0.2, -0.15) is 0 Å². The van der Waals surface area contributed by atoms with Crippen LogP contribution in [0.1, 0.15) is 19.3 Å². The van der Waals surface area contributed by atoms with Gasteiger partial charge in [-0.25, -0.2) is 0 Å². The zero-order valence-electron chi connectivity index (χ0n) is 12.1. The number of hydrogen-bond acceptors (Lipinski definition) is 3. The number of nitrogens with one attached hydrogen (secondary N) is 1. The van der Waals surface area contributed by atoms with Gasteiger partial charge in [0.25, 0.3) is 0 Å². The molecule has 1 fully saturated rings. The largest absolute Gasteiger partial charge is 0.497 e. The second kappa shape index (κ2) is 7.14. The monoisotopic (exact) mass is 277 g/mol. The molecule has 0 amide bonds. The van der Waals surface area contributed by atoms with Crippen molar-refractivity contribution in [2.45, 2.75) is 25.4 Å². The number of anilines is 1. The Labute approximate surface area is 120 Å². The first kappa shape index (κ1) is 14.7. The van der Waals surface area contributed by atoms with E-state index in [1.165, 1.54) is 6.42 Å². The summed E-state index contributed by atoms with van der Waals surface area (Å²) in [6.07, 6.45) is 3.83. The minimum absolute atomic E-state index is 0.326. The van der Waals surface area contributed by atoms with Crippen molar-refractivity contribution in [3.05, 3.63) is 24.3 Å². The van der Waals surface area contributed by atoms with Gasteiger partial charge in [-0.15, -0.1) is 0 Å². The Morgan fingerprint density at radius 2 is 2.05 bits per heavy atom. The number of methoxy groups -OCH3 is 2. The van der Waals surface area contributed by atoms with Crippen molar-refractivity contribution < 1.29 is 9.47 Å². The fourth-order valence-corrected chi connectivity index (χ4v) is 2.60. The van der Waals surface area contributed by atoms with Crippen LogP contribution in [0.3, 0.4) is 0 Å². The van der Waals surface area contributed by atoms with Crippen LogP contribution in [0.4, 0.5) is 5.69 Å². The van der Waals surface area contributed by atoms with E-state index >= 15 is 0 Å². The van der Waals surface area contributed by atoms with Crippen molar-refractivity contribution in [1.29, 1.82) is 0 Å². The van der Waals surface area contributed by atoms with E-state index < -0.39 is 0 Å². The maximum atomic E-state index is 5.91. The highest BCUT2D eigenvalue weighted by Crippen LogP contribution is 2.27. The Kier molecular flexibility index (Phi) is 5.24. The van der Waals surface area contributed by atoms with Crippen LogP contribution in [0.25, 0.3) is 0 Å². The Bertz CT molecular complexity index is 445. The molecule has 0 radical (unpaired) electrons. The van der Waals surface area contributed by atoms with Gasteiger partial charge in [-0.1, -0.05) is 6.42 Å². The van der Waals surface area contributed by atoms with Crippen LogP contribution in [0, 0.1) is 5.92 Å². The van der Waals surface area contributed by atoms with Crippen LogP contribution in [-0.2, 0) is 4.74 Å². The SMILES string of the molecule is COc1ccc(NC(N)=NCC2CCCC2OC)cc1. The van der Waals surface area contributed by atoms with Gasteiger partial charge in [0.2, 0.25) is 0 Å². The summed E-state index contributed by atoms with van der Waals surface area (Å²) in [5.74, 6) is 1.74. The van der Waals surface area contributed by atoms with Gasteiger partial charge in [0.05, 0.1) is 13.2 Å². The fourth-order valence-electron chi connectivity index (χ4n) is 2.60. The van der Waals surface area contributed by atoms with Crippen LogP contribution in [0.5, 0.6) is 5.75 Å². The van der Waals surface area contributed by atoms with Gasteiger partial charge in [-0.05, 0) is 37.1 Å². The van der Waals surface area contributed by atoms with Gasteiger partial charge in [-0.3, -0.25) is 4.99 Å². The van der Waals surface area contributed by atoms with Crippen molar-refractivity contribution in [2.75, 3.05) is 26.1 Å². The zero-order chi connectivity index (χ0) is 14.4. The third kappa shape index (κ3) is 3.87. The Hall–Kier alpha value is -1.75. The summed E-state index contributed by atoms with van der Waals surface area (Å²) < 4.78 is 10.6. The number of rotatable bonds is 5. The third-order valence-corrected chi connectivity index (χ3v) is 3.75. The quantitative estimate of drug-likeness (QED) is 0.639. The van der Waals surface area contributed by atoms with Gasteiger partial charge < -0.3 is 20.5 Å². The highest BCUT2D eigenvalue weighted by Gasteiger charge is 2.26. The van der Waals surface area contributed by atoms with Crippen LogP contribution >= 0.6 is 0 Å². The lowest BCUT2D eigenvalue weighted by molar-refractivity contribution is 0.0743. The van der Waals surface area contributed by atoms with Crippen LogP contribution in [0.15, 0.2) is 29.3 Å². The number of nitrogens with two attached hydrogens (primary N) is 1. The Morgan fingerprint density at radius 3 is 2.70 bits per heavy atom. The lowest BCUT2D eigenvalue weighted by Crippen LogP contribution is -2.25. The maximum absolute atomic E-state index is 5.91. The molecule has 0 aliphatic heterocycles. The van der Waals surface area contributed by atoms with Gasteiger partial charge in [0, 0.05) is 25.3 Å². The molecule has 20 heavy (non-hydrogen) atoms. The molecule has 1 saturated carbocycles. The molecule has 3 N–H and O–H groups in total. The summed E-state index contributed by atoms with van der Waals surface area (Å²) in [5.41, 5.74) is 6.81. The van der Waals surface area contributed by atoms with Gasteiger partial charge in [0.1, 0.15) is 5.75 Å². The summed E-state index contributed by atoms with van der Waals surface area (Å²) in [4.78, 5) is 4.41. The molecular weight excluding hydrogens is 254 g/mol. The number of ether oxygens (including phenoxy) is 2. The van der Waals surface area contributed by atoms with Crippen molar-refractivity contribution in [1.82, 2.24) is 0 Å². The first-order valence-electron chi connectivity index (χ1n) is 6.96. The average Bonchev–Trinajstić information content (AvgIpc) is 2.93. The van der Waals surface area contributed by atoms with E-state index in [4.69, 9.17) is 15.2 Å². The second-order valence-electron chi connectivity index (χ2n) is 5.04. The third-order valence-electron chi connectivity index (χ3n) is 3.75. The predicted molar refractivity (Wildman–Crippen MR) is 81.2 cm³/mol. The summed E-state index contributed by atoms with van der Waals surface area (Å²) in [7, 11) is 3.41. The normalized spacial score (nSPS) is 22.8. The first-order valence-corrected chi connectivity index (χ1v) is 6.96. The molecule has 0 heterocycles. The number of guanidine groups is 1. The number of aliphatic imine (C=N–C) groups is 1. The number of nitrogens with zero attached hydrogens (tertiary/aromatic N) is 1. The summed E-state index contributed by atoms with van der Waals surface area (Å²) in [6, 6.07) is 7.59. The highest BCUT2D eigenvalue weighted by molar-refractivity contribution is 5.92. The number of hydrogen-bond donors (Lipinski definition) is 2. The molecule has 0 saturated heterocycles. The average molecular weight is 277 g/mol. The molecule has 0 bridgehead atoms. The zero-order valence-corrected chi connectivity index (χ0v) is 12.1. The Balaban J connectivity index is 1.86. The van der Waals surface area contributed by atoms with E-state index in [9.17, 15) is 0 Å². The van der Waals surface area contributed by atoms with Gasteiger partial charge in [0.15, 0.2) is 5.96 Å². The second-order valence-corrected chi connectivity index (χ2v) is 5.04. The van der Waals surface area contributed by atoms with E-state index in [2.05, 4.69) is 10.3 Å². The van der Waals surface area contributed by atoms with E-state index in [1.54, 1.807) is 14.2 Å². The van der Waals surface area contributed by atoms with Gasteiger partial charge >= 0.3 is 0 Å². The molecule has 0 spiro atoms. The fraction of sp³-hybridized carbons (Fsp3) is 0.533. The smallest absolute Gasteiger partial charge is 0.193 e. The molecular formula is C15H23N3O2. The minimum Gasteiger partial charge on any atom is -0.497 e. The van der Waals surface area contributed by atoms with Crippen molar-refractivity contribution in [3.8, 4) is 5.75 Å². The van der Waals surface area contributed by atoms with E-state index in [-0.39, 0.29) is 0 Å². The number of benzene rings is 1. The molecule has 2 rings (SSSR count). The van der Waals surface area contributed by atoms with Crippen molar-refractivity contribution >= 4 is 11.6 Å². The highest BCUT2D eigenvalue weighted by atomic mass is 16.5. The molecule has 5 nitrogen and oxygen atoms in total. The molecule has 1 aromatic rings. The summed E-state index contributed by atoms with van der Waals surface area (Å²) in [5, 5.41) is 3.08. The molecule has 0 aromatic heterocycles. The molecule has 2 unspecified atom stereocenters. The van der Waals surface area contributed by atoms with Crippen LogP contribution < -0.4 is 15.8 Å². The van der Waals surface area contributed by atoms with E-state index in [0.29, 0.717) is 24.5 Å². The summed E-state index contributed by atoms with van der Waals surface area (Å²) in [6.45, 7) is 0.716. The van der Waals surface area contributed by atoms with Crippen LogP contribution in [0.2, 0.25) is 0 Å². The topological polar surface area (TPSA) is 68.9 Å². The molecule has 1 aromatic carbocycles. The van der Waals surface area contributed by atoms with E-state index in [1.807, 2.05) is 24.3 Å². The lowest BCUT2D eigenvalue weighted by Gasteiger charge is -2.16. The molecule has 110 valence electrons. The predicted octanol–water partition coefficient (Wildman–Crippen LogP) is 2.24. The summed E-state index contributed by atoms with van der Waals surface area (Å²) >= 11 is 0. The van der Waals surface area contributed by atoms with Crippen molar-refractivity contribution in [3.63, 3.8) is 0 Å².